The third-order valence-corrected chi connectivity index (χ3v) is 3.06. The molecule has 0 aromatic carbocycles. The van der Waals surface area contributed by atoms with E-state index in [2.05, 4.69) is 9.97 Å². The Morgan fingerprint density at radius 3 is 2.89 bits per heavy atom. The van der Waals surface area contributed by atoms with Gasteiger partial charge in [-0.15, -0.1) is 0 Å². The van der Waals surface area contributed by atoms with E-state index < -0.39 is 11.5 Å². The molecule has 7 nitrogen and oxygen atoms in total. The van der Waals surface area contributed by atoms with Crippen molar-refractivity contribution in [1.29, 1.82) is 0 Å². The maximum atomic E-state index is 11.2. The van der Waals surface area contributed by atoms with Gasteiger partial charge in [0.2, 0.25) is 5.95 Å². The summed E-state index contributed by atoms with van der Waals surface area (Å²) < 4.78 is 0. The molecule has 1 aromatic rings. The average Bonchev–Trinajstić information content (AvgIpc) is 2.73. The van der Waals surface area contributed by atoms with E-state index >= 15 is 0 Å². The highest BCUT2D eigenvalue weighted by molar-refractivity contribution is 5.84. The Hall–Kier alpha value is -1.89. The maximum absolute atomic E-state index is 11.2. The second-order valence-corrected chi connectivity index (χ2v) is 4.68. The number of amides is 1. The summed E-state index contributed by atoms with van der Waals surface area (Å²) >= 11 is 0. The minimum absolute atomic E-state index is 0.173. The number of primary amides is 1. The molecule has 0 bridgehead atoms. The van der Waals surface area contributed by atoms with Crippen LogP contribution in [0.25, 0.3) is 0 Å². The number of nitrogens with two attached hydrogens (primary N) is 1. The molecule has 3 N–H and O–H groups in total. The zero-order valence-corrected chi connectivity index (χ0v) is 10.5. The Morgan fingerprint density at radius 1 is 1.61 bits per heavy atom. The van der Waals surface area contributed by atoms with E-state index in [0.29, 0.717) is 24.7 Å². The van der Waals surface area contributed by atoms with Gasteiger partial charge in [-0.25, -0.2) is 4.98 Å². The van der Waals surface area contributed by atoms with Crippen molar-refractivity contribution in [3.05, 3.63) is 12.3 Å². The number of hydrogen-bond acceptors (Lipinski definition) is 6. The van der Waals surface area contributed by atoms with Crippen molar-refractivity contribution in [1.82, 2.24) is 9.97 Å². The zero-order chi connectivity index (χ0) is 13.3. The molecular weight excluding hydrogens is 234 g/mol. The molecule has 1 aliphatic heterocycles. The van der Waals surface area contributed by atoms with Crippen molar-refractivity contribution in [3.8, 4) is 0 Å². The Morgan fingerprint density at radius 2 is 2.33 bits per heavy atom. The van der Waals surface area contributed by atoms with E-state index in [1.54, 1.807) is 17.2 Å². The molecule has 2 heterocycles. The monoisotopic (exact) mass is 251 g/mol. The van der Waals surface area contributed by atoms with Crippen molar-refractivity contribution >= 4 is 17.7 Å². The first kappa shape index (κ1) is 12.6. The van der Waals surface area contributed by atoms with Crippen molar-refractivity contribution < 1.29 is 9.90 Å². The molecule has 1 fully saturated rings. The lowest BCUT2D eigenvalue weighted by molar-refractivity contribution is -0.134. The number of aromatic nitrogens is 2. The third-order valence-electron chi connectivity index (χ3n) is 3.06. The van der Waals surface area contributed by atoms with Crippen molar-refractivity contribution in [3.63, 3.8) is 0 Å². The number of β-amino-alcohol motifs (C(OH)–C–C–N with tert-alkyl or cyclic N) is 1. The summed E-state index contributed by atoms with van der Waals surface area (Å²) in [7, 11) is 3.70. The summed E-state index contributed by atoms with van der Waals surface area (Å²) in [5, 5.41) is 10.0. The Bertz CT molecular complexity index is 465. The second-order valence-electron chi connectivity index (χ2n) is 4.68. The van der Waals surface area contributed by atoms with Crippen molar-refractivity contribution in [2.45, 2.75) is 12.0 Å². The highest BCUT2D eigenvalue weighted by Crippen LogP contribution is 2.25. The lowest BCUT2D eigenvalue weighted by Gasteiger charge is -2.21. The summed E-state index contributed by atoms with van der Waals surface area (Å²) in [6, 6.07) is 1.75. The molecule has 0 aliphatic carbocycles. The highest BCUT2D eigenvalue weighted by Gasteiger charge is 2.41. The maximum Gasteiger partial charge on any atom is 0.251 e. The highest BCUT2D eigenvalue weighted by atomic mass is 16.3. The van der Waals surface area contributed by atoms with E-state index in [0.717, 1.165) is 0 Å². The molecule has 1 saturated heterocycles. The third kappa shape index (κ3) is 2.21. The minimum atomic E-state index is -1.46. The van der Waals surface area contributed by atoms with Crippen LogP contribution >= 0.6 is 0 Å². The molecule has 0 radical (unpaired) electrons. The number of carbonyl (C=O) groups is 1. The topological polar surface area (TPSA) is 95.6 Å². The summed E-state index contributed by atoms with van der Waals surface area (Å²) in [5.41, 5.74) is 3.74. The molecule has 1 atom stereocenters. The molecule has 18 heavy (non-hydrogen) atoms. The lowest BCUT2D eigenvalue weighted by Crippen LogP contribution is -2.46. The number of rotatable bonds is 3. The molecule has 1 amide bonds. The molecule has 0 saturated carbocycles. The Labute approximate surface area is 105 Å². The normalized spacial score (nSPS) is 23.2. The van der Waals surface area contributed by atoms with E-state index in [-0.39, 0.29) is 6.54 Å². The van der Waals surface area contributed by atoms with Crippen LogP contribution in [0.1, 0.15) is 6.42 Å². The van der Waals surface area contributed by atoms with Gasteiger partial charge in [0.15, 0.2) is 5.60 Å². The van der Waals surface area contributed by atoms with Crippen LogP contribution in [-0.4, -0.2) is 53.8 Å². The molecule has 2 rings (SSSR count). The second kappa shape index (κ2) is 4.41. The first-order chi connectivity index (χ1) is 8.42. The van der Waals surface area contributed by atoms with Crippen LogP contribution in [0.15, 0.2) is 12.3 Å². The number of hydrogen-bond donors (Lipinski definition) is 2. The summed E-state index contributed by atoms with van der Waals surface area (Å²) in [6.07, 6.45) is 1.98. The van der Waals surface area contributed by atoms with Gasteiger partial charge in [0.05, 0.1) is 6.54 Å². The lowest BCUT2D eigenvalue weighted by atomic mass is 10.0. The fraction of sp³-hybridized carbons (Fsp3) is 0.545. The molecule has 0 spiro atoms. The van der Waals surface area contributed by atoms with Crippen LogP contribution in [0, 0.1) is 0 Å². The quantitative estimate of drug-likeness (QED) is 0.713. The Balaban J connectivity index is 2.19. The smallest absolute Gasteiger partial charge is 0.251 e. The largest absolute Gasteiger partial charge is 0.378 e. The fourth-order valence-electron chi connectivity index (χ4n) is 1.92. The van der Waals surface area contributed by atoms with Crippen LogP contribution in [0.3, 0.4) is 0 Å². The average molecular weight is 251 g/mol. The van der Waals surface area contributed by atoms with E-state index in [4.69, 9.17) is 5.73 Å². The van der Waals surface area contributed by atoms with Crippen LogP contribution in [0.2, 0.25) is 0 Å². The van der Waals surface area contributed by atoms with Gasteiger partial charge in [-0.3, -0.25) is 4.79 Å². The fourth-order valence-corrected chi connectivity index (χ4v) is 1.92. The standard InChI is InChI=1S/C11H17N5O2/c1-15(2)10-13-5-3-8(14-10)16-6-4-11(18,7-16)9(12)17/h3,5,18H,4,6-7H2,1-2H3,(H2,12,17). The minimum Gasteiger partial charge on any atom is -0.378 e. The van der Waals surface area contributed by atoms with E-state index in [1.807, 2.05) is 19.0 Å². The molecule has 98 valence electrons. The van der Waals surface area contributed by atoms with Gasteiger partial charge >= 0.3 is 0 Å². The van der Waals surface area contributed by atoms with Gasteiger partial charge in [-0.1, -0.05) is 0 Å². The summed E-state index contributed by atoms with van der Waals surface area (Å²) in [6.45, 7) is 0.718. The Kier molecular flexibility index (Phi) is 3.08. The predicted molar refractivity (Wildman–Crippen MR) is 67.3 cm³/mol. The summed E-state index contributed by atoms with van der Waals surface area (Å²) in [4.78, 5) is 23.3. The number of anilines is 2. The molecular formula is C11H17N5O2. The van der Waals surface area contributed by atoms with Crippen molar-refractivity contribution in [2.24, 2.45) is 5.73 Å². The van der Waals surface area contributed by atoms with E-state index in [1.165, 1.54) is 0 Å². The van der Waals surface area contributed by atoms with Gasteiger partial charge in [0.25, 0.3) is 5.91 Å². The van der Waals surface area contributed by atoms with E-state index in [9.17, 15) is 9.90 Å². The van der Waals surface area contributed by atoms with Crippen LogP contribution < -0.4 is 15.5 Å². The van der Waals surface area contributed by atoms with Gasteiger partial charge in [0, 0.05) is 33.3 Å². The molecule has 1 aliphatic rings. The van der Waals surface area contributed by atoms with Gasteiger partial charge in [0.1, 0.15) is 5.82 Å². The van der Waals surface area contributed by atoms with Gasteiger partial charge in [-0.05, 0) is 6.07 Å². The number of aliphatic hydroxyl groups is 1. The van der Waals surface area contributed by atoms with Crippen molar-refractivity contribution in [2.75, 3.05) is 37.0 Å². The van der Waals surface area contributed by atoms with Gasteiger partial charge < -0.3 is 20.6 Å². The summed E-state index contributed by atoms with van der Waals surface area (Å²) in [5.74, 6) is 0.583. The molecule has 1 unspecified atom stereocenters. The molecule has 1 aromatic heterocycles. The van der Waals surface area contributed by atoms with Crippen LogP contribution in [-0.2, 0) is 4.79 Å². The van der Waals surface area contributed by atoms with Crippen LogP contribution in [0.5, 0.6) is 0 Å². The predicted octanol–water partition coefficient (Wildman–Crippen LogP) is -1.03. The first-order valence-electron chi connectivity index (χ1n) is 5.70. The zero-order valence-electron chi connectivity index (χ0n) is 10.5. The number of carbonyl (C=O) groups excluding carboxylic acids is 1. The molecule has 7 heteroatoms. The SMILES string of the molecule is CN(C)c1nccc(N2CCC(O)(C(N)=O)C2)n1. The van der Waals surface area contributed by atoms with Gasteiger partial charge in [-0.2, -0.15) is 4.98 Å². The number of nitrogens with zero attached hydrogens (tertiary/aromatic N) is 4. The first-order valence-corrected chi connectivity index (χ1v) is 5.70. The van der Waals surface area contributed by atoms with Crippen LogP contribution in [0.4, 0.5) is 11.8 Å².